The van der Waals surface area contributed by atoms with Gasteiger partial charge in [-0.25, -0.2) is 14.1 Å². The Bertz CT molecular complexity index is 619. The van der Waals surface area contributed by atoms with Gasteiger partial charge < -0.3 is 5.32 Å². The van der Waals surface area contributed by atoms with Crippen molar-refractivity contribution in [2.75, 3.05) is 6.54 Å². The van der Waals surface area contributed by atoms with Gasteiger partial charge in [0.1, 0.15) is 5.82 Å². The molecule has 0 aliphatic heterocycles. The number of pyridine rings is 1. The molecule has 0 saturated carbocycles. The minimum atomic E-state index is -0.315. The van der Waals surface area contributed by atoms with Crippen LogP contribution in [0, 0.1) is 19.7 Å². The predicted octanol–water partition coefficient (Wildman–Crippen LogP) is 3.09. The van der Waals surface area contributed by atoms with Crippen LogP contribution in [0.2, 0.25) is 0 Å². The Labute approximate surface area is 125 Å². The normalized spacial score (nSPS) is 11.1. The van der Waals surface area contributed by atoms with E-state index in [0.29, 0.717) is 12.4 Å². The van der Waals surface area contributed by atoms with Gasteiger partial charge in [-0.05, 0) is 44.9 Å². The molecule has 0 bridgehead atoms. The maximum Gasteiger partial charge on any atom is 0.158 e. The maximum absolute atomic E-state index is 13.5. The van der Waals surface area contributed by atoms with Crippen molar-refractivity contribution in [3.8, 4) is 5.82 Å². The summed E-state index contributed by atoms with van der Waals surface area (Å²) < 4.78 is 15.3. The van der Waals surface area contributed by atoms with Crippen molar-refractivity contribution in [2.45, 2.75) is 47.1 Å². The van der Waals surface area contributed by atoms with Crippen LogP contribution in [-0.4, -0.2) is 21.3 Å². The molecular weight excluding hydrogens is 267 g/mol. The highest BCUT2D eigenvalue weighted by Gasteiger charge is 2.15. The van der Waals surface area contributed by atoms with Crippen LogP contribution in [0.15, 0.2) is 12.3 Å². The van der Waals surface area contributed by atoms with Crippen LogP contribution in [0.5, 0.6) is 0 Å². The van der Waals surface area contributed by atoms with E-state index in [1.54, 1.807) is 0 Å². The first-order valence-electron chi connectivity index (χ1n) is 7.49. The molecule has 0 saturated heterocycles. The van der Waals surface area contributed by atoms with Crippen molar-refractivity contribution in [3.05, 3.63) is 40.6 Å². The predicted molar refractivity (Wildman–Crippen MR) is 82.2 cm³/mol. The van der Waals surface area contributed by atoms with Crippen LogP contribution in [0.25, 0.3) is 5.82 Å². The zero-order chi connectivity index (χ0) is 15.4. The maximum atomic E-state index is 13.5. The second kappa shape index (κ2) is 6.80. The molecule has 0 atom stereocenters. The standard InChI is InChI=1S/C16H23FN4/c1-5-7-18-9-13-8-14(17)10-19-16(13)21-12(4)15(6-2)11(3)20-21/h8,10,18H,5-7,9H2,1-4H3. The van der Waals surface area contributed by atoms with Gasteiger partial charge in [-0.2, -0.15) is 5.10 Å². The molecule has 21 heavy (non-hydrogen) atoms. The van der Waals surface area contributed by atoms with E-state index < -0.39 is 0 Å². The molecule has 0 amide bonds. The minimum Gasteiger partial charge on any atom is -0.313 e. The summed E-state index contributed by atoms with van der Waals surface area (Å²) in [4.78, 5) is 4.26. The van der Waals surface area contributed by atoms with Crippen molar-refractivity contribution >= 4 is 0 Å². The lowest BCUT2D eigenvalue weighted by atomic mass is 10.1. The van der Waals surface area contributed by atoms with Crippen LogP contribution in [0.4, 0.5) is 4.39 Å². The fraction of sp³-hybridized carbons (Fsp3) is 0.500. The molecule has 0 unspecified atom stereocenters. The van der Waals surface area contributed by atoms with E-state index in [0.717, 1.165) is 36.3 Å². The van der Waals surface area contributed by atoms with E-state index in [-0.39, 0.29) is 5.82 Å². The van der Waals surface area contributed by atoms with Crippen molar-refractivity contribution in [2.24, 2.45) is 0 Å². The average Bonchev–Trinajstić information content (AvgIpc) is 2.74. The molecule has 2 aromatic rings. The number of hydrogen-bond donors (Lipinski definition) is 1. The summed E-state index contributed by atoms with van der Waals surface area (Å²) in [6, 6.07) is 1.53. The van der Waals surface area contributed by atoms with Crippen molar-refractivity contribution in [1.82, 2.24) is 20.1 Å². The van der Waals surface area contributed by atoms with E-state index in [9.17, 15) is 4.39 Å². The number of rotatable bonds is 6. The lowest BCUT2D eigenvalue weighted by Gasteiger charge is -2.11. The quantitative estimate of drug-likeness (QED) is 0.831. The molecule has 0 aliphatic rings. The summed E-state index contributed by atoms with van der Waals surface area (Å²) in [5.41, 5.74) is 4.14. The molecule has 2 rings (SSSR count). The number of aromatic nitrogens is 3. The highest BCUT2D eigenvalue weighted by molar-refractivity contribution is 5.38. The second-order valence-electron chi connectivity index (χ2n) is 5.23. The van der Waals surface area contributed by atoms with E-state index in [1.165, 1.54) is 17.8 Å². The third-order valence-electron chi connectivity index (χ3n) is 3.65. The van der Waals surface area contributed by atoms with E-state index >= 15 is 0 Å². The molecule has 5 heteroatoms. The number of aryl methyl sites for hydroxylation is 1. The fourth-order valence-electron chi connectivity index (χ4n) is 2.59. The molecular formula is C16H23FN4. The Kier molecular flexibility index (Phi) is 5.07. The lowest BCUT2D eigenvalue weighted by molar-refractivity contribution is 0.606. The second-order valence-corrected chi connectivity index (χ2v) is 5.23. The Hall–Kier alpha value is -1.75. The van der Waals surface area contributed by atoms with Gasteiger partial charge in [0.25, 0.3) is 0 Å². The summed E-state index contributed by atoms with van der Waals surface area (Å²) in [7, 11) is 0. The topological polar surface area (TPSA) is 42.7 Å². The lowest BCUT2D eigenvalue weighted by Crippen LogP contribution is -2.17. The molecule has 114 valence electrons. The smallest absolute Gasteiger partial charge is 0.158 e. The molecule has 4 nitrogen and oxygen atoms in total. The van der Waals surface area contributed by atoms with Crippen molar-refractivity contribution in [3.63, 3.8) is 0 Å². The SMILES string of the molecule is CCCNCc1cc(F)cnc1-n1nc(C)c(CC)c1C. The van der Waals surface area contributed by atoms with Crippen LogP contribution < -0.4 is 5.32 Å². The summed E-state index contributed by atoms with van der Waals surface area (Å²) >= 11 is 0. The Morgan fingerprint density at radius 2 is 2.05 bits per heavy atom. The van der Waals surface area contributed by atoms with Crippen molar-refractivity contribution < 1.29 is 4.39 Å². The van der Waals surface area contributed by atoms with Gasteiger partial charge in [-0.3, -0.25) is 0 Å². The zero-order valence-corrected chi connectivity index (χ0v) is 13.2. The number of halogens is 1. The number of hydrogen-bond acceptors (Lipinski definition) is 3. The summed E-state index contributed by atoms with van der Waals surface area (Å²) in [5, 5.41) is 7.87. The van der Waals surface area contributed by atoms with Gasteiger partial charge in [0.15, 0.2) is 5.82 Å². The minimum absolute atomic E-state index is 0.315. The highest BCUT2D eigenvalue weighted by atomic mass is 19.1. The first kappa shape index (κ1) is 15.6. The summed E-state index contributed by atoms with van der Waals surface area (Å²) in [5.74, 6) is 0.393. The van der Waals surface area contributed by atoms with Gasteiger partial charge in [0.2, 0.25) is 0 Å². The Morgan fingerprint density at radius 1 is 1.29 bits per heavy atom. The summed E-state index contributed by atoms with van der Waals surface area (Å²) in [6.07, 6.45) is 3.22. The molecule has 0 radical (unpaired) electrons. The van der Waals surface area contributed by atoms with Crippen LogP contribution in [-0.2, 0) is 13.0 Å². The van der Waals surface area contributed by atoms with Crippen LogP contribution in [0.3, 0.4) is 0 Å². The molecule has 2 aromatic heterocycles. The third kappa shape index (κ3) is 3.29. The zero-order valence-electron chi connectivity index (χ0n) is 13.2. The molecule has 1 N–H and O–H groups in total. The molecule has 0 aromatic carbocycles. The first-order chi connectivity index (χ1) is 10.1. The van der Waals surface area contributed by atoms with E-state index in [2.05, 4.69) is 29.2 Å². The number of nitrogens with zero attached hydrogens (tertiary/aromatic N) is 3. The Balaban J connectivity index is 2.43. The molecule has 0 fully saturated rings. The fourth-order valence-corrected chi connectivity index (χ4v) is 2.59. The Morgan fingerprint density at radius 3 is 2.67 bits per heavy atom. The van der Waals surface area contributed by atoms with Gasteiger partial charge in [0.05, 0.1) is 11.9 Å². The van der Waals surface area contributed by atoms with Crippen molar-refractivity contribution in [1.29, 1.82) is 0 Å². The molecule has 2 heterocycles. The van der Waals surface area contributed by atoms with E-state index in [4.69, 9.17) is 0 Å². The average molecular weight is 290 g/mol. The van der Waals surface area contributed by atoms with E-state index in [1.807, 2.05) is 18.5 Å². The molecule has 0 aliphatic carbocycles. The van der Waals surface area contributed by atoms with Gasteiger partial charge >= 0.3 is 0 Å². The largest absolute Gasteiger partial charge is 0.313 e. The van der Waals surface area contributed by atoms with Gasteiger partial charge in [-0.1, -0.05) is 13.8 Å². The third-order valence-corrected chi connectivity index (χ3v) is 3.65. The highest BCUT2D eigenvalue weighted by Crippen LogP contribution is 2.20. The monoisotopic (exact) mass is 290 g/mol. The van der Waals surface area contributed by atoms with Gasteiger partial charge in [-0.15, -0.1) is 0 Å². The number of nitrogens with one attached hydrogen (secondary N) is 1. The van der Waals surface area contributed by atoms with Crippen LogP contribution in [0.1, 0.15) is 42.8 Å². The molecule has 0 spiro atoms. The summed E-state index contributed by atoms with van der Waals surface area (Å²) in [6.45, 7) is 9.74. The first-order valence-corrected chi connectivity index (χ1v) is 7.49. The van der Waals surface area contributed by atoms with Gasteiger partial charge in [0, 0.05) is 17.8 Å². The van der Waals surface area contributed by atoms with Crippen LogP contribution >= 0.6 is 0 Å².